The van der Waals surface area contributed by atoms with Crippen molar-refractivity contribution in [3.63, 3.8) is 0 Å². The predicted octanol–water partition coefficient (Wildman–Crippen LogP) is 3.18. The molecule has 0 saturated heterocycles. The Balaban J connectivity index is 2.67. The molecule has 0 aliphatic rings. The predicted molar refractivity (Wildman–Crippen MR) is 76.3 cm³/mol. The zero-order valence-electron chi connectivity index (χ0n) is 12.1. The number of carboxylic acid groups (broad SMARTS) is 1. The van der Waals surface area contributed by atoms with Crippen molar-refractivity contribution in [2.24, 2.45) is 0 Å². The van der Waals surface area contributed by atoms with Gasteiger partial charge in [-0.25, -0.2) is 9.78 Å². The second-order valence-corrected chi connectivity index (χ2v) is 5.13. The first kappa shape index (κ1) is 15.6. The van der Waals surface area contributed by atoms with Gasteiger partial charge in [0.05, 0.1) is 0 Å². The Labute approximate surface area is 115 Å². The minimum absolute atomic E-state index is 0.120. The van der Waals surface area contributed by atoms with Crippen LogP contribution in [0, 0.1) is 0 Å². The maximum absolute atomic E-state index is 10.9. The van der Waals surface area contributed by atoms with Crippen LogP contribution in [0.25, 0.3) is 0 Å². The molecule has 4 nitrogen and oxygen atoms in total. The quantitative estimate of drug-likeness (QED) is 0.733. The lowest BCUT2D eigenvalue weighted by molar-refractivity contribution is 0.0690. The highest BCUT2D eigenvalue weighted by atomic mass is 16.4. The standard InChI is InChI=1S/C15H24N2O2/c1-4-5-6-9-17(12(2)3)11-13-7-8-16-14(10-13)15(18)19/h7-8,10,12H,4-6,9,11H2,1-3H3,(H,18,19). The van der Waals surface area contributed by atoms with Crippen LogP contribution in [0.4, 0.5) is 0 Å². The fourth-order valence-electron chi connectivity index (χ4n) is 2.01. The number of aromatic nitrogens is 1. The molecule has 1 rings (SSSR count). The summed E-state index contributed by atoms with van der Waals surface area (Å²) in [4.78, 5) is 17.1. The van der Waals surface area contributed by atoms with Crippen molar-refractivity contribution in [2.45, 2.75) is 52.6 Å². The monoisotopic (exact) mass is 264 g/mol. The highest BCUT2D eigenvalue weighted by Crippen LogP contribution is 2.11. The Morgan fingerprint density at radius 1 is 1.42 bits per heavy atom. The molecule has 106 valence electrons. The molecule has 0 aliphatic carbocycles. The molecule has 0 spiro atoms. The lowest BCUT2D eigenvalue weighted by atomic mass is 10.1. The molecule has 19 heavy (non-hydrogen) atoms. The summed E-state index contributed by atoms with van der Waals surface area (Å²) in [6, 6.07) is 4.01. The molecule has 0 fully saturated rings. The summed E-state index contributed by atoms with van der Waals surface area (Å²) in [6.45, 7) is 8.37. The van der Waals surface area contributed by atoms with Crippen LogP contribution in [0.2, 0.25) is 0 Å². The minimum Gasteiger partial charge on any atom is -0.477 e. The highest BCUT2D eigenvalue weighted by Gasteiger charge is 2.11. The molecule has 0 unspecified atom stereocenters. The Morgan fingerprint density at radius 3 is 2.74 bits per heavy atom. The molecule has 0 amide bonds. The van der Waals surface area contributed by atoms with Gasteiger partial charge in [0.1, 0.15) is 5.69 Å². The van der Waals surface area contributed by atoms with Gasteiger partial charge in [0, 0.05) is 18.8 Å². The largest absolute Gasteiger partial charge is 0.477 e. The van der Waals surface area contributed by atoms with Crippen molar-refractivity contribution in [3.05, 3.63) is 29.6 Å². The first-order valence-corrected chi connectivity index (χ1v) is 6.96. The van der Waals surface area contributed by atoms with Crippen molar-refractivity contribution in [1.29, 1.82) is 0 Å². The van der Waals surface area contributed by atoms with E-state index in [-0.39, 0.29) is 5.69 Å². The molecule has 0 atom stereocenters. The maximum Gasteiger partial charge on any atom is 0.354 e. The van der Waals surface area contributed by atoms with Gasteiger partial charge in [-0.2, -0.15) is 0 Å². The molecule has 0 saturated carbocycles. The molecule has 0 aliphatic heterocycles. The van der Waals surface area contributed by atoms with Crippen LogP contribution in [0.5, 0.6) is 0 Å². The summed E-state index contributed by atoms with van der Waals surface area (Å²) in [7, 11) is 0. The summed E-state index contributed by atoms with van der Waals surface area (Å²) in [5, 5.41) is 8.95. The number of carboxylic acids is 1. The minimum atomic E-state index is -0.969. The van der Waals surface area contributed by atoms with Crippen LogP contribution in [0.1, 0.15) is 56.1 Å². The topological polar surface area (TPSA) is 53.4 Å². The van der Waals surface area contributed by atoms with Crippen LogP contribution in [-0.2, 0) is 6.54 Å². The fourth-order valence-corrected chi connectivity index (χ4v) is 2.01. The molecule has 4 heteroatoms. The zero-order chi connectivity index (χ0) is 14.3. The molecule has 1 aromatic heterocycles. The number of carbonyl (C=O) groups is 1. The van der Waals surface area contributed by atoms with E-state index < -0.39 is 5.97 Å². The lowest BCUT2D eigenvalue weighted by Crippen LogP contribution is -2.31. The maximum atomic E-state index is 10.9. The van der Waals surface area contributed by atoms with Gasteiger partial charge in [0.2, 0.25) is 0 Å². The Bertz CT molecular complexity index is 405. The molecule has 1 heterocycles. The fraction of sp³-hybridized carbons (Fsp3) is 0.600. The number of hydrogen-bond acceptors (Lipinski definition) is 3. The van der Waals surface area contributed by atoms with Gasteiger partial charge in [-0.3, -0.25) is 4.90 Å². The number of aromatic carboxylic acids is 1. The van der Waals surface area contributed by atoms with E-state index in [0.717, 1.165) is 18.7 Å². The summed E-state index contributed by atoms with van der Waals surface area (Å²) in [6.07, 6.45) is 5.21. The van der Waals surface area contributed by atoms with Gasteiger partial charge in [-0.15, -0.1) is 0 Å². The van der Waals surface area contributed by atoms with E-state index in [2.05, 4.69) is 30.7 Å². The van der Waals surface area contributed by atoms with Gasteiger partial charge in [-0.05, 0) is 44.5 Å². The SMILES string of the molecule is CCCCCN(Cc1ccnc(C(=O)O)c1)C(C)C. The van der Waals surface area contributed by atoms with E-state index >= 15 is 0 Å². The van der Waals surface area contributed by atoms with Gasteiger partial charge in [-0.1, -0.05) is 19.8 Å². The molecule has 1 aromatic rings. The smallest absolute Gasteiger partial charge is 0.354 e. The summed E-state index contributed by atoms with van der Waals surface area (Å²) >= 11 is 0. The number of unbranched alkanes of at least 4 members (excludes halogenated alkanes) is 2. The average molecular weight is 264 g/mol. The number of hydrogen-bond donors (Lipinski definition) is 1. The van der Waals surface area contributed by atoms with E-state index in [0.29, 0.717) is 6.04 Å². The van der Waals surface area contributed by atoms with Crippen molar-refractivity contribution in [3.8, 4) is 0 Å². The zero-order valence-corrected chi connectivity index (χ0v) is 12.1. The summed E-state index contributed by atoms with van der Waals surface area (Å²) < 4.78 is 0. The molecule has 0 bridgehead atoms. The van der Waals surface area contributed by atoms with Crippen molar-refractivity contribution in [2.75, 3.05) is 6.54 Å². The van der Waals surface area contributed by atoms with Crippen LogP contribution in [-0.4, -0.2) is 33.5 Å². The highest BCUT2D eigenvalue weighted by molar-refractivity contribution is 5.85. The van der Waals surface area contributed by atoms with Crippen LogP contribution in [0.3, 0.4) is 0 Å². The number of pyridine rings is 1. The van der Waals surface area contributed by atoms with Gasteiger partial charge in [0.25, 0.3) is 0 Å². The van der Waals surface area contributed by atoms with Crippen LogP contribution in [0.15, 0.2) is 18.3 Å². The van der Waals surface area contributed by atoms with Gasteiger partial charge in [0.15, 0.2) is 0 Å². The normalized spacial score (nSPS) is 11.2. The van der Waals surface area contributed by atoms with Crippen molar-refractivity contribution < 1.29 is 9.90 Å². The third kappa shape index (κ3) is 5.39. The third-order valence-electron chi connectivity index (χ3n) is 3.21. The first-order chi connectivity index (χ1) is 9.04. The summed E-state index contributed by atoms with van der Waals surface area (Å²) in [5.74, 6) is -0.969. The average Bonchev–Trinajstić information content (AvgIpc) is 2.38. The van der Waals surface area contributed by atoms with E-state index in [1.807, 2.05) is 6.07 Å². The molecule has 0 radical (unpaired) electrons. The summed E-state index contributed by atoms with van der Waals surface area (Å²) in [5.41, 5.74) is 1.13. The van der Waals surface area contributed by atoms with E-state index in [9.17, 15) is 4.79 Å². The van der Waals surface area contributed by atoms with Crippen molar-refractivity contribution in [1.82, 2.24) is 9.88 Å². The molecular weight excluding hydrogens is 240 g/mol. The molecule has 0 aromatic carbocycles. The van der Waals surface area contributed by atoms with E-state index in [1.165, 1.54) is 19.3 Å². The first-order valence-electron chi connectivity index (χ1n) is 6.96. The molecule has 1 N–H and O–H groups in total. The van der Waals surface area contributed by atoms with E-state index in [1.54, 1.807) is 12.3 Å². The van der Waals surface area contributed by atoms with E-state index in [4.69, 9.17) is 5.11 Å². The second kappa shape index (κ2) is 7.89. The Morgan fingerprint density at radius 2 is 2.16 bits per heavy atom. The lowest BCUT2D eigenvalue weighted by Gasteiger charge is -2.26. The van der Waals surface area contributed by atoms with Gasteiger partial charge >= 0.3 is 5.97 Å². The molecular formula is C15H24N2O2. The van der Waals surface area contributed by atoms with Crippen LogP contribution >= 0.6 is 0 Å². The number of nitrogens with zero attached hydrogens (tertiary/aromatic N) is 2. The van der Waals surface area contributed by atoms with Gasteiger partial charge < -0.3 is 5.11 Å². The van der Waals surface area contributed by atoms with Crippen LogP contribution < -0.4 is 0 Å². The Kier molecular flexibility index (Phi) is 6.50. The van der Waals surface area contributed by atoms with Crippen molar-refractivity contribution >= 4 is 5.97 Å². The number of rotatable bonds is 8. The second-order valence-electron chi connectivity index (χ2n) is 5.13. The Hall–Kier alpha value is -1.42. The third-order valence-corrected chi connectivity index (χ3v) is 3.21.